The standard InChI is InChI=1S/C20H30N2.Pt/c1-12(2)19-18(17-15(7)10-9-11-16(17)8)20(13(3)4)22(21-19)14(5)6;/h9-14H,1-8H3;. The Morgan fingerprint density at radius 1 is 0.826 bits per heavy atom. The first-order valence-electron chi connectivity index (χ1n) is 8.44. The third-order valence-electron chi connectivity index (χ3n) is 4.29. The topological polar surface area (TPSA) is 17.8 Å². The summed E-state index contributed by atoms with van der Waals surface area (Å²) in [4.78, 5) is 0. The van der Waals surface area contributed by atoms with E-state index >= 15 is 0 Å². The van der Waals surface area contributed by atoms with Gasteiger partial charge in [-0.05, 0) is 56.2 Å². The van der Waals surface area contributed by atoms with Crippen molar-refractivity contribution in [3.05, 3.63) is 40.7 Å². The summed E-state index contributed by atoms with van der Waals surface area (Å²) >= 11 is 0. The maximum Gasteiger partial charge on any atom is 0.0731 e. The molecule has 130 valence electrons. The average molecular weight is 494 g/mol. The van der Waals surface area contributed by atoms with Gasteiger partial charge in [0.25, 0.3) is 0 Å². The summed E-state index contributed by atoms with van der Waals surface area (Å²) in [5.41, 5.74) is 8.03. The molecule has 2 aromatic rings. The molecule has 0 atom stereocenters. The van der Waals surface area contributed by atoms with Gasteiger partial charge in [-0.25, -0.2) is 0 Å². The van der Waals surface area contributed by atoms with Crippen LogP contribution in [0.15, 0.2) is 18.2 Å². The van der Waals surface area contributed by atoms with Crippen LogP contribution in [0.4, 0.5) is 0 Å². The average Bonchev–Trinajstić information content (AvgIpc) is 2.79. The van der Waals surface area contributed by atoms with E-state index in [1.165, 1.54) is 33.6 Å². The number of hydrogen-bond donors (Lipinski definition) is 0. The molecule has 1 aromatic carbocycles. The van der Waals surface area contributed by atoms with Crippen molar-refractivity contribution in [3.63, 3.8) is 0 Å². The normalized spacial score (nSPS) is 11.4. The van der Waals surface area contributed by atoms with Crippen LogP contribution in [0, 0.1) is 13.8 Å². The minimum Gasteiger partial charge on any atom is -0.266 e. The van der Waals surface area contributed by atoms with Crippen molar-refractivity contribution in [2.75, 3.05) is 0 Å². The minimum atomic E-state index is 0. The molecule has 1 heterocycles. The number of aryl methyl sites for hydroxylation is 2. The fourth-order valence-corrected chi connectivity index (χ4v) is 3.28. The van der Waals surface area contributed by atoms with Gasteiger partial charge in [-0.1, -0.05) is 45.9 Å². The largest absolute Gasteiger partial charge is 0.266 e. The number of rotatable bonds is 4. The van der Waals surface area contributed by atoms with E-state index in [1.54, 1.807) is 0 Å². The summed E-state index contributed by atoms with van der Waals surface area (Å²) in [5, 5.41) is 5.01. The van der Waals surface area contributed by atoms with E-state index in [4.69, 9.17) is 5.10 Å². The summed E-state index contributed by atoms with van der Waals surface area (Å²) < 4.78 is 2.24. The Bertz CT molecular complexity index is 646. The molecule has 0 unspecified atom stereocenters. The van der Waals surface area contributed by atoms with Gasteiger partial charge in [-0.2, -0.15) is 5.10 Å². The fourth-order valence-electron chi connectivity index (χ4n) is 3.28. The van der Waals surface area contributed by atoms with E-state index in [1.807, 2.05) is 0 Å². The molecule has 2 rings (SSSR count). The van der Waals surface area contributed by atoms with Crippen LogP contribution in [0.3, 0.4) is 0 Å². The monoisotopic (exact) mass is 493 g/mol. The van der Waals surface area contributed by atoms with E-state index in [0.717, 1.165) is 0 Å². The van der Waals surface area contributed by atoms with Crippen molar-refractivity contribution in [1.29, 1.82) is 0 Å². The molecule has 0 amide bonds. The van der Waals surface area contributed by atoms with E-state index in [0.29, 0.717) is 17.9 Å². The first-order valence-corrected chi connectivity index (χ1v) is 8.44. The van der Waals surface area contributed by atoms with Gasteiger partial charge in [0.05, 0.1) is 5.69 Å². The molecule has 0 fully saturated rings. The van der Waals surface area contributed by atoms with Crippen LogP contribution < -0.4 is 0 Å². The van der Waals surface area contributed by atoms with Crippen LogP contribution >= 0.6 is 0 Å². The van der Waals surface area contributed by atoms with Crippen LogP contribution in [0.5, 0.6) is 0 Å². The third-order valence-corrected chi connectivity index (χ3v) is 4.29. The number of benzene rings is 1. The second-order valence-electron chi connectivity index (χ2n) is 7.26. The molecule has 2 nitrogen and oxygen atoms in total. The molecule has 0 spiro atoms. The van der Waals surface area contributed by atoms with E-state index in [2.05, 4.69) is 78.3 Å². The van der Waals surface area contributed by atoms with E-state index in [9.17, 15) is 0 Å². The molecular weight excluding hydrogens is 463 g/mol. The van der Waals surface area contributed by atoms with E-state index in [-0.39, 0.29) is 21.1 Å². The molecule has 0 radical (unpaired) electrons. The third kappa shape index (κ3) is 3.79. The van der Waals surface area contributed by atoms with Crippen molar-refractivity contribution in [3.8, 4) is 11.1 Å². The number of hydrogen-bond acceptors (Lipinski definition) is 1. The van der Waals surface area contributed by atoms with Gasteiger partial charge in [-0.15, -0.1) is 0 Å². The molecule has 3 heteroatoms. The Balaban J connectivity index is 0.00000264. The summed E-state index contributed by atoms with van der Waals surface area (Å²) in [6.07, 6.45) is 0. The van der Waals surface area contributed by atoms with Crippen LogP contribution in [0.25, 0.3) is 11.1 Å². The van der Waals surface area contributed by atoms with Gasteiger partial charge < -0.3 is 0 Å². The summed E-state index contributed by atoms with van der Waals surface area (Å²) in [6.45, 7) is 17.9. The maximum absolute atomic E-state index is 5.01. The molecule has 0 bridgehead atoms. The SMILES string of the molecule is Cc1cccc(C)c1-c1c(C(C)C)nn(C(C)C)c1C(C)C.[Pt]. The van der Waals surface area contributed by atoms with Gasteiger partial charge >= 0.3 is 0 Å². The first-order chi connectivity index (χ1) is 10.3. The van der Waals surface area contributed by atoms with E-state index < -0.39 is 0 Å². The van der Waals surface area contributed by atoms with Crippen molar-refractivity contribution < 1.29 is 21.1 Å². The van der Waals surface area contributed by atoms with Gasteiger partial charge in [0.15, 0.2) is 0 Å². The molecule has 0 aliphatic rings. The first kappa shape index (κ1) is 20.2. The van der Waals surface area contributed by atoms with Gasteiger partial charge in [0.2, 0.25) is 0 Å². The summed E-state index contributed by atoms with van der Waals surface area (Å²) in [5.74, 6) is 0.878. The van der Waals surface area contributed by atoms with Crippen molar-refractivity contribution in [2.24, 2.45) is 0 Å². The maximum atomic E-state index is 5.01. The molecule has 23 heavy (non-hydrogen) atoms. The van der Waals surface area contributed by atoms with Crippen LogP contribution in [0.2, 0.25) is 0 Å². The second-order valence-corrected chi connectivity index (χ2v) is 7.26. The van der Waals surface area contributed by atoms with Gasteiger partial charge in [0, 0.05) is 38.4 Å². The number of nitrogens with zero attached hydrogens (tertiary/aromatic N) is 2. The molecule has 0 saturated carbocycles. The Labute approximate surface area is 155 Å². The molecule has 0 saturated heterocycles. The predicted molar refractivity (Wildman–Crippen MR) is 95.7 cm³/mol. The zero-order valence-corrected chi connectivity index (χ0v) is 17.9. The fraction of sp³-hybridized carbons (Fsp3) is 0.550. The smallest absolute Gasteiger partial charge is 0.0731 e. The van der Waals surface area contributed by atoms with Crippen LogP contribution in [-0.4, -0.2) is 9.78 Å². The van der Waals surface area contributed by atoms with Crippen molar-refractivity contribution >= 4 is 0 Å². The minimum absolute atomic E-state index is 0. The van der Waals surface area contributed by atoms with Crippen molar-refractivity contribution in [1.82, 2.24) is 9.78 Å². The quantitative estimate of drug-likeness (QED) is 0.512. The number of aromatic nitrogens is 2. The predicted octanol–water partition coefficient (Wildman–Crippen LogP) is 5.99. The summed E-state index contributed by atoms with van der Waals surface area (Å²) in [6, 6.07) is 6.95. The molecule has 0 aliphatic carbocycles. The zero-order chi connectivity index (χ0) is 16.6. The molecule has 0 N–H and O–H groups in total. The Morgan fingerprint density at radius 2 is 1.35 bits per heavy atom. The Kier molecular flexibility index (Phi) is 6.83. The second kappa shape index (κ2) is 7.79. The van der Waals surface area contributed by atoms with Crippen molar-refractivity contribution in [2.45, 2.75) is 73.3 Å². The molecular formula is C20H30N2Pt. The van der Waals surface area contributed by atoms with Gasteiger partial charge in [0.1, 0.15) is 0 Å². The van der Waals surface area contributed by atoms with Crippen LogP contribution in [-0.2, 0) is 21.1 Å². The summed E-state index contributed by atoms with van der Waals surface area (Å²) in [7, 11) is 0. The van der Waals surface area contributed by atoms with Gasteiger partial charge in [-0.3, -0.25) is 4.68 Å². The molecule has 0 aliphatic heterocycles. The Hall–Kier alpha value is -0.882. The van der Waals surface area contributed by atoms with Crippen LogP contribution in [0.1, 0.15) is 81.9 Å². The molecule has 1 aromatic heterocycles. The Morgan fingerprint density at radius 3 is 1.74 bits per heavy atom. The zero-order valence-electron chi connectivity index (χ0n) is 15.7.